The smallest absolute Gasteiger partial charge is 0.417 e. The number of pyridine rings is 1. The van der Waals surface area contributed by atoms with Crippen LogP contribution in [-0.2, 0) is 11.9 Å². The lowest BCUT2D eigenvalue weighted by Crippen LogP contribution is -2.41. The van der Waals surface area contributed by atoms with E-state index in [2.05, 4.69) is 9.88 Å². The van der Waals surface area contributed by atoms with Gasteiger partial charge in [0.15, 0.2) is 5.76 Å². The lowest BCUT2D eigenvalue weighted by atomic mass is 10.1. The van der Waals surface area contributed by atoms with Crippen LogP contribution in [0.3, 0.4) is 0 Å². The number of hydrogen-bond acceptors (Lipinski definition) is 5. The Morgan fingerprint density at radius 2 is 1.93 bits per heavy atom. The summed E-state index contributed by atoms with van der Waals surface area (Å²) in [7, 11) is 0. The van der Waals surface area contributed by atoms with E-state index in [0.717, 1.165) is 44.7 Å². The Morgan fingerprint density at radius 3 is 2.61 bits per heavy atom. The summed E-state index contributed by atoms with van der Waals surface area (Å²) in [6.07, 6.45) is -1.58. The molecule has 5 rings (SSSR count). The Hall–Kier alpha value is -2.00. The van der Waals surface area contributed by atoms with Gasteiger partial charge in [0, 0.05) is 38.4 Å². The van der Waals surface area contributed by atoms with Gasteiger partial charge in [-0.2, -0.15) is 13.2 Å². The van der Waals surface area contributed by atoms with E-state index >= 15 is 0 Å². The minimum atomic E-state index is -4.39. The maximum atomic E-state index is 12.8. The second-order valence-electron chi connectivity index (χ2n) is 7.01. The fourth-order valence-electron chi connectivity index (χ4n) is 3.64. The van der Waals surface area contributed by atoms with Crippen molar-refractivity contribution in [2.45, 2.75) is 35.8 Å². The summed E-state index contributed by atoms with van der Waals surface area (Å²) in [6.45, 7) is 3.68. The molecular weight excluding hydrogens is 391 g/mol. The molecule has 0 atom stereocenters. The van der Waals surface area contributed by atoms with E-state index in [1.165, 1.54) is 17.8 Å². The Morgan fingerprint density at radius 1 is 1.14 bits per heavy atom. The standard InChI is InChI=1S/C19H20F3N3O2S/c20-19(21,22)13-1-4-17(23-11-13)28-12-15-2-3-16(27-15)18(26)25-10-9-24-7-5-14(25)6-8-24/h1-4,11,14H,5-10,12H2. The second kappa shape index (κ2) is 7.79. The van der Waals surface area contributed by atoms with Crippen molar-refractivity contribution in [1.82, 2.24) is 14.8 Å². The van der Waals surface area contributed by atoms with Crippen LogP contribution in [0, 0.1) is 0 Å². The zero-order chi connectivity index (χ0) is 19.7. The predicted octanol–water partition coefficient (Wildman–Crippen LogP) is 3.91. The van der Waals surface area contributed by atoms with Crippen LogP contribution in [0.2, 0.25) is 0 Å². The van der Waals surface area contributed by atoms with Gasteiger partial charge in [-0.3, -0.25) is 4.79 Å². The van der Waals surface area contributed by atoms with E-state index in [4.69, 9.17) is 4.42 Å². The summed E-state index contributed by atoms with van der Waals surface area (Å²) in [4.78, 5) is 21.0. The monoisotopic (exact) mass is 411 g/mol. The van der Waals surface area contributed by atoms with Crippen LogP contribution in [0.25, 0.3) is 0 Å². The Bertz CT molecular complexity index is 830. The number of piperidine rings is 1. The minimum Gasteiger partial charge on any atom is -0.455 e. The maximum absolute atomic E-state index is 12.8. The molecule has 0 aromatic carbocycles. The number of fused-ring (bicyclic) bond motifs is 4. The number of thioether (sulfide) groups is 1. The highest BCUT2D eigenvalue weighted by Gasteiger charge is 2.33. The second-order valence-corrected chi connectivity index (χ2v) is 8.00. The zero-order valence-corrected chi connectivity index (χ0v) is 15.9. The van der Waals surface area contributed by atoms with E-state index in [1.54, 1.807) is 12.1 Å². The van der Waals surface area contributed by atoms with Gasteiger partial charge in [-0.1, -0.05) is 11.8 Å². The molecule has 2 aromatic heterocycles. The molecule has 3 saturated heterocycles. The average molecular weight is 411 g/mol. The van der Waals surface area contributed by atoms with Crippen molar-refractivity contribution in [2.75, 3.05) is 26.2 Å². The molecule has 0 aliphatic carbocycles. The first-order valence-electron chi connectivity index (χ1n) is 9.18. The van der Waals surface area contributed by atoms with Gasteiger partial charge in [0.25, 0.3) is 5.91 Å². The van der Waals surface area contributed by atoms with Crippen molar-refractivity contribution in [1.29, 1.82) is 0 Å². The van der Waals surface area contributed by atoms with Gasteiger partial charge < -0.3 is 14.2 Å². The van der Waals surface area contributed by atoms with Crippen LogP contribution in [0.4, 0.5) is 13.2 Å². The predicted molar refractivity (Wildman–Crippen MR) is 98.0 cm³/mol. The summed E-state index contributed by atoms with van der Waals surface area (Å²) >= 11 is 1.26. The van der Waals surface area contributed by atoms with Gasteiger partial charge in [-0.25, -0.2) is 4.98 Å². The van der Waals surface area contributed by atoms with Gasteiger partial charge in [0.05, 0.1) is 16.3 Å². The first-order chi connectivity index (χ1) is 13.4. The first-order valence-corrected chi connectivity index (χ1v) is 10.2. The van der Waals surface area contributed by atoms with Crippen LogP contribution in [0.15, 0.2) is 39.9 Å². The number of amides is 1. The number of furan rings is 1. The van der Waals surface area contributed by atoms with Gasteiger partial charge in [-0.15, -0.1) is 0 Å². The average Bonchev–Trinajstić information content (AvgIpc) is 2.96. The van der Waals surface area contributed by atoms with Crippen LogP contribution >= 0.6 is 11.8 Å². The van der Waals surface area contributed by atoms with Crippen molar-refractivity contribution in [3.63, 3.8) is 0 Å². The first kappa shape index (κ1) is 19.3. The Balaban J connectivity index is 1.37. The topological polar surface area (TPSA) is 49.6 Å². The highest BCUT2D eigenvalue weighted by Crippen LogP contribution is 2.30. The number of alkyl halides is 3. The molecule has 3 aliphatic rings. The van der Waals surface area contributed by atoms with Crippen molar-refractivity contribution >= 4 is 17.7 Å². The number of carbonyl (C=O) groups is 1. The van der Waals surface area contributed by atoms with Crippen molar-refractivity contribution in [3.05, 3.63) is 47.5 Å². The third-order valence-electron chi connectivity index (χ3n) is 5.21. The van der Waals surface area contributed by atoms with Gasteiger partial charge >= 0.3 is 6.18 Å². The summed E-state index contributed by atoms with van der Waals surface area (Å²) in [5.74, 6) is 1.22. The molecule has 28 heavy (non-hydrogen) atoms. The van der Waals surface area contributed by atoms with E-state index in [-0.39, 0.29) is 11.9 Å². The van der Waals surface area contributed by atoms with Crippen molar-refractivity contribution in [3.8, 4) is 0 Å². The molecule has 5 nitrogen and oxygen atoms in total. The summed E-state index contributed by atoms with van der Waals surface area (Å²) in [5, 5.41) is 0.468. The normalized spacial score (nSPS) is 22.3. The zero-order valence-electron chi connectivity index (χ0n) is 15.1. The Kier molecular flexibility index (Phi) is 5.37. The molecular formula is C19H20F3N3O2S. The number of hydrogen-bond donors (Lipinski definition) is 0. The molecule has 0 spiro atoms. The quantitative estimate of drug-likeness (QED) is 0.714. The lowest BCUT2D eigenvalue weighted by molar-refractivity contribution is -0.137. The van der Waals surface area contributed by atoms with E-state index < -0.39 is 11.7 Å². The molecule has 0 unspecified atom stereocenters. The van der Waals surface area contributed by atoms with Crippen molar-refractivity contribution < 1.29 is 22.4 Å². The van der Waals surface area contributed by atoms with E-state index in [0.29, 0.717) is 28.8 Å². The van der Waals surface area contributed by atoms with Gasteiger partial charge in [0.1, 0.15) is 5.76 Å². The minimum absolute atomic E-state index is 0.0855. The molecule has 150 valence electrons. The number of aromatic nitrogens is 1. The lowest BCUT2D eigenvalue weighted by Gasteiger charge is -2.30. The van der Waals surface area contributed by atoms with Crippen LogP contribution in [0.5, 0.6) is 0 Å². The van der Waals surface area contributed by atoms with E-state index in [1.807, 2.05) is 4.90 Å². The maximum Gasteiger partial charge on any atom is 0.417 e. The third-order valence-corrected chi connectivity index (χ3v) is 6.18. The number of nitrogens with zero attached hydrogens (tertiary/aromatic N) is 3. The summed E-state index contributed by atoms with van der Waals surface area (Å²) in [6, 6.07) is 6.03. The third kappa shape index (κ3) is 4.20. The SMILES string of the molecule is O=C(c1ccc(CSc2ccc(C(F)(F)F)cn2)o1)N1CCN2CCC1CC2. The van der Waals surface area contributed by atoms with Gasteiger partial charge in [-0.05, 0) is 37.1 Å². The highest BCUT2D eigenvalue weighted by atomic mass is 32.2. The Labute approximate surface area is 164 Å². The fourth-order valence-corrected chi connectivity index (χ4v) is 4.38. The molecule has 2 aromatic rings. The summed E-state index contributed by atoms with van der Waals surface area (Å²) in [5.41, 5.74) is -0.773. The molecule has 1 amide bonds. The van der Waals surface area contributed by atoms with E-state index in [9.17, 15) is 18.0 Å². The largest absolute Gasteiger partial charge is 0.455 e. The molecule has 9 heteroatoms. The molecule has 0 radical (unpaired) electrons. The van der Waals surface area contributed by atoms with Crippen LogP contribution in [0.1, 0.15) is 34.7 Å². The van der Waals surface area contributed by atoms with Crippen LogP contribution < -0.4 is 0 Å². The molecule has 0 N–H and O–H groups in total. The molecule has 0 saturated carbocycles. The highest BCUT2D eigenvalue weighted by molar-refractivity contribution is 7.98. The van der Waals surface area contributed by atoms with Gasteiger partial charge in [0.2, 0.25) is 0 Å². The van der Waals surface area contributed by atoms with Crippen molar-refractivity contribution in [2.24, 2.45) is 0 Å². The molecule has 2 bridgehead atoms. The molecule has 3 aliphatic heterocycles. The fraction of sp³-hybridized carbons (Fsp3) is 0.474. The van der Waals surface area contributed by atoms with Crippen LogP contribution in [-0.4, -0.2) is 52.9 Å². The number of rotatable bonds is 4. The number of halogens is 3. The molecule has 5 heterocycles. The summed E-state index contributed by atoms with van der Waals surface area (Å²) < 4.78 is 43.5. The number of carbonyl (C=O) groups excluding carboxylic acids is 1. The molecule has 3 fully saturated rings.